The predicted molar refractivity (Wildman–Crippen MR) is 79.9 cm³/mol. The van der Waals surface area contributed by atoms with E-state index in [4.69, 9.17) is 5.11 Å². The highest BCUT2D eigenvalue weighted by Gasteiger charge is 2.22. The van der Waals surface area contributed by atoms with E-state index in [1.165, 1.54) is 19.2 Å². The van der Waals surface area contributed by atoms with Crippen molar-refractivity contribution in [3.63, 3.8) is 0 Å². The van der Waals surface area contributed by atoms with Crippen molar-refractivity contribution in [1.82, 2.24) is 9.78 Å². The molecule has 0 aliphatic carbocycles. The zero-order valence-electron chi connectivity index (χ0n) is 10.5. The topological polar surface area (TPSA) is 84.2 Å². The number of rotatable bonds is 3. The van der Waals surface area contributed by atoms with Crippen LogP contribution in [0, 0.1) is 5.82 Å². The van der Waals surface area contributed by atoms with Crippen LogP contribution >= 0.6 is 31.9 Å². The first kappa shape index (κ1) is 15.6. The maximum atomic E-state index is 13.2. The van der Waals surface area contributed by atoms with Crippen molar-refractivity contribution in [3.8, 4) is 0 Å². The average molecular weight is 421 g/mol. The second kappa shape index (κ2) is 5.94. The number of carbonyl (C=O) groups is 2. The van der Waals surface area contributed by atoms with Crippen LogP contribution in [0.4, 0.5) is 10.1 Å². The molecule has 1 aromatic carbocycles. The van der Waals surface area contributed by atoms with E-state index in [-0.39, 0.29) is 11.3 Å². The fraction of sp³-hybridized carbons (Fsp3) is 0.0833. The van der Waals surface area contributed by atoms with Crippen LogP contribution in [0.15, 0.2) is 27.3 Å². The lowest BCUT2D eigenvalue weighted by Crippen LogP contribution is -2.17. The lowest BCUT2D eigenvalue weighted by Gasteiger charge is -2.09. The summed E-state index contributed by atoms with van der Waals surface area (Å²) in [6, 6.07) is 2.36. The summed E-state index contributed by atoms with van der Waals surface area (Å²) in [6.45, 7) is 0. The van der Waals surface area contributed by atoms with Gasteiger partial charge in [0.15, 0.2) is 5.69 Å². The van der Waals surface area contributed by atoms with Crippen molar-refractivity contribution in [3.05, 3.63) is 44.3 Å². The molecule has 0 atom stereocenters. The smallest absolute Gasteiger partial charge is 0.354 e. The lowest BCUT2D eigenvalue weighted by molar-refractivity contribution is 0.0680. The zero-order valence-corrected chi connectivity index (χ0v) is 13.7. The van der Waals surface area contributed by atoms with Crippen molar-refractivity contribution < 1.29 is 19.1 Å². The Labute approximate surface area is 135 Å². The quantitative estimate of drug-likeness (QED) is 0.799. The molecule has 1 heterocycles. The maximum Gasteiger partial charge on any atom is 0.354 e. The van der Waals surface area contributed by atoms with Crippen LogP contribution in [0.25, 0.3) is 0 Å². The molecule has 2 aromatic rings. The van der Waals surface area contributed by atoms with E-state index in [0.29, 0.717) is 14.6 Å². The molecule has 0 spiro atoms. The molecule has 0 aliphatic rings. The standard InChI is InChI=1S/C12H8Br2FN3O3/c1-18-10(12(20)21)6(4-16-18)11(19)17-9-7(13)2-5(15)3-8(9)14/h2-4H,1H3,(H,17,19)(H,20,21). The molecule has 1 aromatic heterocycles. The number of hydrogen-bond acceptors (Lipinski definition) is 3. The molecule has 9 heteroatoms. The molecular formula is C12H8Br2FN3O3. The van der Waals surface area contributed by atoms with E-state index >= 15 is 0 Å². The van der Waals surface area contributed by atoms with Gasteiger partial charge in [0.1, 0.15) is 5.82 Å². The molecule has 0 fully saturated rings. The van der Waals surface area contributed by atoms with Gasteiger partial charge in [0.05, 0.1) is 17.4 Å². The second-order valence-electron chi connectivity index (χ2n) is 4.03. The first-order valence-electron chi connectivity index (χ1n) is 5.52. The molecule has 0 saturated carbocycles. The summed E-state index contributed by atoms with van der Waals surface area (Å²) in [5, 5.41) is 15.4. The number of carboxylic acid groups (broad SMARTS) is 1. The minimum Gasteiger partial charge on any atom is -0.477 e. The summed E-state index contributed by atoms with van der Waals surface area (Å²) in [6.07, 6.45) is 1.16. The van der Waals surface area contributed by atoms with Gasteiger partial charge < -0.3 is 10.4 Å². The second-order valence-corrected chi connectivity index (χ2v) is 5.74. The molecule has 21 heavy (non-hydrogen) atoms. The molecule has 0 radical (unpaired) electrons. The predicted octanol–water partition coefficient (Wildman–Crippen LogP) is 3.03. The maximum absolute atomic E-state index is 13.2. The van der Waals surface area contributed by atoms with Crippen LogP contribution in [-0.2, 0) is 7.05 Å². The average Bonchev–Trinajstić information content (AvgIpc) is 2.75. The minimum atomic E-state index is -1.27. The number of aryl methyl sites for hydroxylation is 1. The van der Waals surface area contributed by atoms with Crippen LogP contribution in [0.2, 0.25) is 0 Å². The van der Waals surface area contributed by atoms with E-state index in [9.17, 15) is 14.0 Å². The highest BCUT2D eigenvalue weighted by atomic mass is 79.9. The van der Waals surface area contributed by atoms with Crippen LogP contribution in [-0.4, -0.2) is 26.8 Å². The lowest BCUT2D eigenvalue weighted by atomic mass is 10.2. The van der Waals surface area contributed by atoms with Gasteiger partial charge in [-0.05, 0) is 44.0 Å². The summed E-state index contributed by atoms with van der Waals surface area (Å²) in [5.74, 6) is -2.41. The van der Waals surface area contributed by atoms with E-state index in [2.05, 4.69) is 42.3 Å². The van der Waals surface area contributed by atoms with Crippen LogP contribution < -0.4 is 5.32 Å². The number of carboxylic acids is 1. The van der Waals surface area contributed by atoms with Gasteiger partial charge >= 0.3 is 5.97 Å². The number of benzene rings is 1. The van der Waals surface area contributed by atoms with E-state index < -0.39 is 17.7 Å². The van der Waals surface area contributed by atoms with Crippen molar-refractivity contribution in [1.29, 1.82) is 0 Å². The van der Waals surface area contributed by atoms with Crippen LogP contribution in [0.5, 0.6) is 0 Å². The van der Waals surface area contributed by atoms with Crippen molar-refractivity contribution in [2.45, 2.75) is 0 Å². The van der Waals surface area contributed by atoms with Gasteiger partial charge in [-0.1, -0.05) is 0 Å². The van der Waals surface area contributed by atoms with E-state index in [0.717, 1.165) is 10.9 Å². The molecule has 6 nitrogen and oxygen atoms in total. The largest absolute Gasteiger partial charge is 0.477 e. The molecule has 0 aliphatic heterocycles. The minimum absolute atomic E-state index is 0.0897. The number of nitrogens with one attached hydrogen (secondary N) is 1. The van der Waals surface area contributed by atoms with Crippen LogP contribution in [0.3, 0.4) is 0 Å². The molecule has 1 amide bonds. The molecule has 2 rings (SSSR count). The number of aromatic nitrogens is 2. The van der Waals surface area contributed by atoms with Gasteiger partial charge in [-0.2, -0.15) is 5.10 Å². The fourth-order valence-corrected chi connectivity index (χ4v) is 3.03. The monoisotopic (exact) mass is 419 g/mol. The Bertz CT molecular complexity index is 722. The third-order valence-electron chi connectivity index (χ3n) is 2.63. The van der Waals surface area contributed by atoms with E-state index in [1.807, 2.05) is 0 Å². The molecule has 110 valence electrons. The summed E-state index contributed by atoms with van der Waals surface area (Å²) in [5.41, 5.74) is -0.0310. The molecule has 0 saturated heterocycles. The number of halogens is 3. The van der Waals surface area contributed by atoms with Crippen molar-refractivity contribution in [2.24, 2.45) is 7.05 Å². The Morgan fingerprint density at radius 2 is 1.90 bits per heavy atom. The number of amides is 1. The number of carbonyl (C=O) groups excluding carboxylic acids is 1. The molecule has 2 N–H and O–H groups in total. The van der Waals surface area contributed by atoms with E-state index in [1.54, 1.807) is 0 Å². The number of anilines is 1. The van der Waals surface area contributed by atoms with Gasteiger partial charge in [-0.15, -0.1) is 0 Å². The third-order valence-corrected chi connectivity index (χ3v) is 3.88. The zero-order chi connectivity index (χ0) is 15.7. The fourth-order valence-electron chi connectivity index (χ4n) is 1.70. The first-order valence-corrected chi connectivity index (χ1v) is 7.11. The molecule has 0 bridgehead atoms. The molecular weight excluding hydrogens is 413 g/mol. The highest BCUT2D eigenvalue weighted by Crippen LogP contribution is 2.32. The van der Waals surface area contributed by atoms with Crippen molar-refractivity contribution in [2.75, 3.05) is 5.32 Å². The Hall–Kier alpha value is -1.74. The Morgan fingerprint density at radius 3 is 2.43 bits per heavy atom. The summed E-state index contributed by atoms with van der Waals surface area (Å²) in [4.78, 5) is 23.3. The van der Waals surface area contributed by atoms with Gasteiger partial charge in [0.25, 0.3) is 5.91 Å². The number of nitrogens with zero attached hydrogens (tertiary/aromatic N) is 2. The van der Waals surface area contributed by atoms with Crippen LogP contribution in [0.1, 0.15) is 20.8 Å². The summed E-state index contributed by atoms with van der Waals surface area (Å²) >= 11 is 6.26. The summed E-state index contributed by atoms with van der Waals surface area (Å²) < 4.78 is 14.9. The third kappa shape index (κ3) is 3.13. The Balaban J connectivity index is 2.38. The Morgan fingerprint density at radius 1 is 1.33 bits per heavy atom. The van der Waals surface area contributed by atoms with Gasteiger partial charge in [0, 0.05) is 16.0 Å². The number of aromatic carboxylic acids is 1. The normalized spacial score (nSPS) is 10.5. The summed E-state index contributed by atoms with van der Waals surface area (Å²) in [7, 11) is 1.42. The highest BCUT2D eigenvalue weighted by molar-refractivity contribution is 9.11. The Kier molecular flexibility index (Phi) is 4.43. The molecule has 0 unspecified atom stereocenters. The number of hydrogen-bond donors (Lipinski definition) is 2. The van der Waals surface area contributed by atoms with Gasteiger partial charge in [-0.25, -0.2) is 9.18 Å². The van der Waals surface area contributed by atoms with Gasteiger partial charge in [-0.3, -0.25) is 9.48 Å². The van der Waals surface area contributed by atoms with Gasteiger partial charge in [0.2, 0.25) is 0 Å². The van der Waals surface area contributed by atoms with Crippen molar-refractivity contribution >= 4 is 49.4 Å². The first-order chi connectivity index (χ1) is 9.81. The SMILES string of the molecule is Cn1ncc(C(=O)Nc2c(Br)cc(F)cc2Br)c1C(=O)O.